The Labute approximate surface area is 209 Å². The number of carboxylic acids is 6. The molecule has 0 N–H and O–H groups in total. The fraction of sp³-hybridized carbons (Fsp3) is 0. The SMILES string of the molecule is O=C([O-])/C=C/C(=O)[O-].O=C([O-])/C=C/C(=O)[O-].O=C([O-])/C=C/C(=O)[O-].[Gd+3].[Gd+3]. The minimum Gasteiger partial charge on any atom is -0.545 e. The Hall–Kier alpha value is -1.31. The number of hydrogen-bond acceptors (Lipinski definition) is 12. The van der Waals surface area contributed by atoms with Gasteiger partial charge in [-0.1, -0.05) is 0 Å². The molecule has 0 aliphatic carbocycles. The molecule has 26 heavy (non-hydrogen) atoms. The second-order valence-corrected chi connectivity index (χ2v) is 2.91. The molecule has 0 aromatic rings. The number of hydrogen-bond donors (Lipinski definition) is 0. The summed E-state index contributed by atoms with van der Waals surface area (Å²) >= 11 is 0. The number of carbonyl (C=O) groups excluding carboxylic acids is 6. The Morgan fingerprint density at radius 2 is 0.423 bits per heavy atom. The van der Waals surface area contributed by atoms with Gasteiger partial charge in [0, 0.05) is 0 Å². The third-order valence-corrected chi connectivity index (χ3v) is 1.07. The van der Waals surface area contributed by atoms with Crippen LogP contribution in [0.4, 0.5) is 0 Å². The van der Waals surface area contributed by atoms with Crippen LogP contribution in [0.15, 0.2) is 36.5 Å². The first-order valence-electron chi connectivity index (χ1n) is 5.18. The van der Waals surface area contributed by atoms with Crippen LogP contribution in [0, 0.1) is 79.9 Å². The topological polar surface area (TPSA) is 241 Å². The van der Waals surface area contributed by atoms with E-state index in [-0.39, 0.29) is 79.9 Å². The third kappa shape index (κ3) is 57.0. The van der Waals surface area contributed by atoms with Crippen molar-refractivity contribution in [2.75, 3.05) is 0 Å². The quantitative estimate of drug-likeness (QED) is 0.242. The average molecular weight is 657 g/mol. The molecular weight excluding hydrogens is 651 g/mol. The molecule has 0 heterocycles. The Morgan fingerprint density at radius 3 is 0.462 bits per heavy atom. The summed E-state index contributed by atoms with van der Waals surface area (Å²) in [6.45, 7) is 0. The van der Waals surface area contributed by atoms with Crippen LogP contribution in [0.25, 0.3) is 0 Å². The van der Waals surface area contributed by atoms with E-state index in [0.29, 0.717) is 36.5 Å². The molecule has 0 rings (SSSR count). The van der Waals surface area contributed by atoms with Gasteiger partial charge in [-0.25, -0.2) is 0 Å². The molecule has 12 nitrogen and oxygen atoms in total. The van der Waals surface area contributed by atoms with Crippen molar-refractivity contribution in [2.45, 2.75) is 0 Å². The van der Waals surface area contributed by atoms with Crippen molar-refractivity contribution in [1.29, 1.82) is 0 Å². The van der Waals surface area contributed by atoms with Crippen LogP contribution in [-0.2, 0) is 28.8 Å². The number of rotatable bonds is 6. The van der Waals surface area contributed by atoms with Gasteiger partial charge in [0.15, 0.2) is 0 Å². The first-order valence-corrected chi connectivity index (χ1v) is 5.18. The molecule has 0 aliphatic heterocycles. The summed E-state index contributed by atoms with van der Waals surface area (Å²) in [4.78, 5) is 56.5. The normalized spacial score (nSPS) is 8.77. The first kappa shape index (κ1) is 35.7. The van der Waals surface area contributed by atoms with E-state index in [1.165, 1.54) is 0 Å². The molecule has 0 bridgehead atoms. The van der Waals surface area contributed by atoms with Crippen molar-refractivity contribution in [3.05, 3.63) is 36.5 Å². The van der Waals surface area contributed by atoms with E-state index in [4.69, 9.17) is 0 Å². The molecule has 0 aromatic heterocycles. The summed E-state index contributed by atoms with van der Waals surface area (Å²) in [7, 11) is 0. The standard InChI is InChI=1S/3C4H4O4.2Gd/c3*5-3(6)1-2-4(7)8;;/h3*1-2H,(H,5,6)(H,7,8);;/q;;;2*+3/p-6/b3*2-1+;;. The smallest absolute Gasteiger partial charge is 0.545 e. The maximum absolute atomic E-state index is 9.41. The van der Waals surface area contributed by atoms with Gasteiger partial charge in [-0.2, -0.15) is 0 Å². The van der Waals surface area contributed by atoms with E-state index >= 15 is 0 Å². The van der Waals surface area contributed by atoms with Gasteiger partial charge in [-0.15, -0.1) is 0 Å². The number of carboxylic acid groups (broad SMARTS) is 6. The van der Waals surface area contributed by atoms with Crippen LogP contribution >= 0.6 is 0 Å². The summed E-state index contributed by atoms with van der Waals surface area (Å²) in [5.74, 6) is -9.28. The van der Waals surface area contributed by atoms with Crippen molar-refractivity contribution in [3.63, 3.8) is 0 Å². The van der Waals surface area contributed by atoms with E-state index < -0.39 is 35.8 Å². The molecular formula is C12H6Gd2O12. The fourth-order valence-corrected chi connectivity index (χ4v) is 0.408. The van der Waals surface area contributed by atoms with Crippen molar-refractivity contribution < 1.29 is 139 Å². The zero-order chi connectivity index (χ0) is 19.7. The van der Waals surface area contributed by atoms with Crippen LogP contribution in [0.3, 0.4) is 0 Å². The molecule has 142 valence electrons. The maximum atomic E-state index is 9.41. The van der Waals surface area contributed by atoms with Gasteiger partial charge < -0.3 is 59.4 Å². The van der Waals surface area contributed by atoms with Crippen LogP contribution in [0.2, 0.25) is 0 Å². The van der Waals surface area contributed by atoms with Crippen LogP contribution < -0.4 is 30.6 Å². The molecule has 0 spiro atoms. The van der Waals surface area contributed by atoms with Gasteiger partial charge in [-0.3, -0.25) is 0 Å². The predicted octanol–water partition coefficient (Wildman–Crippen LogP) is -8.87. The minimum atomic E-state index is -1.55. The van der Waals surface area contributed by atoms with E-state index in [0.717, 1.165) is 0 Å². The van der Waals surface area contributed by atoms with Crippen molar-refractivity contribution in [3.8, 4) is 0 Å². The van der Waals surface area contributed by atoms with Gasteiger partial charge in [0.1, 0.15) is 0 Å². The molecule has 0 atom stereocenters. The van der Waals surface area contributed by atoms with Crippen molar-refractivity contribution in [1.82, 2.24) is 0 Å². The Bertz CT molecular complexity index is 448. The van der Waals surface area contributed by atoms with E-state index in [1.807, 2.05) is 0 Å². The Kier molecular flexibility index (Phi) is 32.6. The molecule has 0 saturated heterocycles. The average Bonchev–Trinajstić information content (AvgIpc) is 2.42. The Morgan fingerprint density at radius 1 is 0.346 bits per heavy atom. The van der Waals surface area contributed by atoms with Crippen LogP contribution in [-0.4, -0.2) is 35.8 Å². The zero-order valence-corrected chi connectivity index (χ0v) is 16.6. The maximum Gasteiger partial charge on any atom is 3.00 e. The second kappa shape index (κ2) is 23.7. The number of aliphatic carboxylic acids is 6. The van der Waals surface area contributed by atoms with E-state index in [9.17, 15) is 59.4 Å². The van der Waals surface area contributed by atoms with E-state index in [1.54, 1.807) is 0 Å². The summed E-state index contributed by atoms with van der Waals surface area (Å²) in [5, 5.41) is 56.5. The van der Waals surface area contributed by atoms with Crippen molar-refractivity contribution in [2.24, 2.45) is 0 Å². The zero-order valence-electron chi connectivity index (χ0n) is 12.1. The Balaban J connectivity index is -0.0000000817. The molecule has 0 aromatic carbocycles. The van der Waals surface area contributed by atoms with Gasteiger partial charge in [0.2, 0.25) is 0 Å². The van der Waals surface area contributed by atoms with Crippen molar-refractivity contribution >= 4 is 35.8 Å². The summed E-state index contributed by atoms with van der Waals surface area (Å²) in [6.07, 6.45) is 2.31. The molecule has 0 saturated carbocycles. The van der Waals surface area contributed by atoms with Gasteiger partial charge in [-0.05, 0) is 36.5 Å². The monoisotopic (exact) mass is 658 g/mol. The second-order valence-electron chi connectivity index (χ2n) is 2.91. The predicted molar refractivity (Wildman–Crippen MR) is 57.5 cm³/mol. The van der Waals surface area contributed by atoms with Gasteiger partial charge in [0.05, 0.1) is 35.8 Å². The van der Waals surface area contributed by atoms with Crippen LogP contribution in [0.1, 0.15) is 0 Å². The first-order chi connectivity index (χ1) is 10.9. The summed E-state index contributed by atoms with van der Waals surface area (Å²) in [6, 6.07) is 0. The summed E-state index contributed by atoms with van der Waals surface area (Å²) in [5.41, 5.74) is 0. The van der Waals surface area contributed by atoms with Gasteiger partial charge in [0.25, 0.3) is 0 Å². The van der Waals surface area contributed by atoms with Crippen LogP contribution in [0.5, 0.6) is 0 Å². The van der Waals surface area contributed by atoms with Gasteiger partial charge >= 0.3 is 79.9 Å². The minimum absolute atomic E-state index is 0. The molecule has 2 radical (unpaired) electrons. The number of carbonyl (C=O) groups is 6. The molecule has 14 heteroatoms. The van der Waals surface area contributed by atoms with E-state index in [2.05, 4.69) is 0 Å². The molecule has 0 aliphatic rings. The molecule has 0 unspecified atom stereocenters. The molecule has 0 fully saturated rings. The summed E-state index contributed by atoms with van der Waals surface area (Å²) < 4.78 is 0. The molecule has 0 amide bonds. The largest absolute Gasteiger partial charge is 3.00 e. The third-order valence-electron chi connectivity index (χ3n) is 1.07. The fourth-order valence-electron chi connectivity index (χ4n) is 0.408.